The molecule has 19 heavy (non-hydrogen) atoms. The van der Waals surface area contributed by atoms with Crippen molar-refractivity contribution in [1.82, 2.24) is 4.83 Å². The Hall–Kier alpha value is -1.40. The van der Waals surface area contributed by atoms with Gasteiger partial charge in [0.15, 0.2) is 0 Å². The molecule has 0 aliphatic heterocycles. The first-order chi connectivity index (χ1) is 8.71. The minimum atomic E-state index is -3.56. The Morgan fingerprint density at radius 1 is 1.16 bits per heavy atom. The van der Waals surface area contributed by atoms with Crippen molar-refractivity contribution >= 4 is 24.3 Å². The zero-order valence-electron chi connectivity index (χ0n) is 11.7. The quantitative estimate of drug-likeness (QED) is 0.516. The SMILES string of the molecule is Cc1ccc(S(=O)(=O)N/N=C/C=C/[Si](C)(C)C)cc1. The summed E-state index contributed by atoms with van der Waals surface area (Å²) in [6.07, 6.45) is 3.24. The highest BCUT2D eigenvalue weighted by Gasteiger charge is 2.11. The Kier molecular flexibility index (Phi) is 5.08. The van der Waals surface area contributed by atoms with Crippen LogP contribution in [-0.2, 0) is 10.0 Å². The van der Waals surface area contributed by atoms with E-state index in [0.29, 0.717) is 0 Å². The molecule has 0 aliphatic rings. The van der Waals surface area contributed by atoms with E-state index in [1.54, 1.807) is 30.3 Å². The van der Waals surface area contributed by atoms with Gasteiger partial charge in [-0.05, 0) is 25.1 Å². The average molecular weight is 296 g/mol. The third-order valence-electron chi connectivity index (χ3n) is 2.26. The second-order valence-corrected chi connectivity index (χ2v) is 12.1. The molecule has 0 radical (unpaired) electrons. The van der Waals surface area contributed by atoms with Crippen LogP contribution >= 0.6 is 0 Å². The summed E-state index contributed by atoms with van der Waals surface area (Å²) in [5.41, 5.74) is 3.09. The van der Waals surface area contributed by atoms with Gasteiger partial charge in [0.2, 0.25) is 0 Å². The second-order valence-electron chi connectivity index (χ2n) is 5.41. The van der Waals surface area contributed by atoms with E-state index in [9.17, 15) is 8.42 Å². The van der Waals surface area contributed by atoms with E-state index in [-0.39, 0.29) is 4.90 Å². The Bertz CT molecular complexity index is 570. The molecule has 0 amide bonds. The number of benzene rings is 1. The maximum Gasteiger partial charge on any atom is 0.276 e. The van der Waals surface area contributed by atoms with Gasteiger partial charge in [0.25, 0.3) is 10.0 Å². The third-order valence-corrected chi connectivity index (χ3v) is 4.69. The first kappa shape index (κ1) is 15.7. The normalized spacial score (nSPS) is 13.3. The van der Waals surface area contributed by atoms with Crippen LogP contribution in [0.25, 0.3) is 0 Å². The summed E-state index contributed by atoms with van der Waals surface area (Å²) in [6, 6.07) is 6.63. The molecular weight excluding hydrogens is 276 g/mol. The first-order valence-electron chi connectivity index (χ1n) is 6.00. The second kappa shape index (κ2) is 6.16. The number of nitrogens with zero attached hydrogens (tertiary/aromatic N) is 1. The third kappa shape index (κ3) is 5.85. The van der Waals surface area contributed by atoms with Crippen LogP contribution in [0.3, 0.4) is 0 Å². The number of hydrogen-bond donors (Lipinski definition) is 1. The number of hydrogen-bond acceptors (Lipinski definition) is 3. The standard InChI is InChI=1S/C13H20N2O2SSi/c1-12-6-8-13(9-7-12)18(16,17)15-14-10-5-11-19(2,3)4/h5-11,15H,1-4H3/b11-5+,14-10+. The van der Waals surface area contributed by atoms with Crippen molar-refractivity contribution in [2.75, 3.05) is 0 Å². The van der Waals surface area contributed by atoms with Crippen LogP contribution in [0.2, 0.25) is 19.6 Å². The van der Waals surface area contributed by atoms with Gasteiger partial charge in [0, 0.05) is 6.21 Å². The molecule has 0 saturated carbocycles. The fourth-order valence-electron chi connectivity index (χ4n) is 1.24. The van der Waals surface area contributed by atoms with Crippen LogP contribution in [0, 0.1) is 6.92 Å². The zero-order valence-corrected chi connectivity index (χ0v) is 13.5. The van der Waals surface area contributed by atoms with Gasteiger partial charge in [-0.15, -0.1) is 0 Å². The number of allylic oxidation sites excluding steroid dienone is 1. The number of aryl methyl sites for hydroxylation is 1. The van der Waals surface area contributed by atoms with Gasteiger partial charge in [0.1, 0.15) is 0 Å². The van der Waals surface area contributed by atoms with Crippen molar-refractivity contribution in [3.05, 3.63) is 41.6 Å². The summed E-state index contributed by atoms with van der Waals surface area (Å²) in [7, 11) is -4.84. The van der Waals surface area contributed by atoms with Crippen LogP contribution < -0.4 is 4.83 Å². The van der Waals surface area contributed by atoms with Gasteiger partial charge < -0.3 is 0 Å². The van der Waals surface area contributed by atoms with Crippen molar-refractivity contribution in [3.63, 3.8) is 0 Å². The maximum atomic E-state index is 11.9. The predicted molar refractivity (Wildman–Crippen MR) is 82.5 cm³/mol. The van der Waals surface area contributed by atoms with E-state index in [4.69, 9.17) is 0 Å². The zero-order chi connectivity index (χ0) is 14.5. The lowest BCUT2D eigenvalue weighted by Crippen LogP contribution is -2.18. The van der Waals surface area contributed by atoms with E-state index in [1.807, 2.05) is 6.92 Å². The lowest BCUT2D eigenvalue weighted by molar-refractivity contribution is 0.584. The molecular formula is C13H20N2O2SSi. The van der Waals surface area contributed by atoms with E-state index in [1.165, 1.54) is 6.21 Å². The molecule has 0 heterocycles. The van der Waals surface area contributed by atoms with E-state index < -0.39 is 18.1 Å². The summed E-state index contributed by atoms with van der Waals surface area (Å²) in [5, 5.41) is 3.72. The highest BCUT2D eigenvalue weighted by atomic mass is 32.2. The minimum Gasteiger partial charge on any atom is -0.200 e. The van der Waals surface area contributed by atoms with Crippen molar-refractivity contribution < 1.29 is 8.42 Å². The fraction of sp³-hybridized carbons (Fsp3) is 0.308. The van der Waals surface area contributed by atoms with Crippen LogP contribution in [0.1, 0.15) is 5.56 Å². The molecule has 1 N–H and O–H groups in total. The van der Waals surface area contributed by atoms with E-state index in [0.717, 1.165) is 5.56 Å². The van der Waals surface area contributed by atoms with E-state index in [2.05, 4.69) is 35.3 Å². The molecule has 1 aromatic carbocycles. The predicted octanol–water partition coefficient (Wildman–Crippen LogP) is 2.69. The van der Waals surface area contributed by atoms with Gasteiger partial charge >= 0.3 is 0 Å². The summed E-state index contributed by atoms with van der Waals surface area (Å²) in [4.78, 5) is 2.40. The van der Waals surface area contributed by atoms with Crippen molar-refractivity contribution in [2.45, 2.75) is 31.5 Å². The van der Waals surface area contributed by atoms with Crippen molar-refractivity contribution in [2.24, 2.45) is 5.10 Å². The molecule has 6 heteroatoms. The Morgan fingerprint density at radius 3 is 2.26 bits per heavy atom. The number of sulfonamides is 1. The van der Waals surface area contributed by atoms with Crippen molar-refractivity contribution in [1.29, 1.82) is 0 Å². The van der Waals surface area contributed by atoms with Gasteiger partial charge in [0.05, 0.1) is 13.0 Å². The molecule has 0 atom stereocenters. The van der Waals surface area contributed by atoms with Crippen molar-refractivity contribution in [3.8, 4) is 0 Å². The van der Waals surface area contributed by atoms with Gasteiger partial charge in [-0.1, -0.05) is 43.0 Å². The summed E-state index contributed by atoms with van der Waals surface area (Å²) in [6.45, 7) is 8.47. The first-order valence-corrected chi connectivity index (χ1v) is 11.1. The number of hydrazone groups is 1. The number of nitrogens with one attached hydrogen (secondary N) is 1. The lowest BCUT2D eigenvalue weighted by atomic mass is 10.2. The maximum absolute atomic E-state index is 11.9. The highest BCUT2D eigenvalue weighted by molar-refractivity contribution is 7.89. The average Bonchev–Trinajstić information content (AvgIpc) is 2.27. The molecule has 0 unspecified atom stereocenters. The van der Waals surface area contributed by atoms with Crippen LogP contribution in [-0.4, -0.2) is 22.7 Å². The summed E-state index contributed by atoms with van der Waals surface area (Å²) < 4.78 is 23.7. The minimum absolute atomic E-state index is 0.212. The molecule has 104 valence electrons. The Balaban J connectivity index is 2.69. The molecule has 0 spiro atoms. The topological polar surface area (TPSA) is 58.5 Å². The molecule has 1 rings (SSSR count). The Labute approximate surface area is 116 Å². The van der Waals surface area contributed by atoms with Gasteiger partial charge in [-0.25, -0.2) is 4.83 Å². The fourth-order valence-corrected chi connectivity index (χ4v) is 2.71. The van der Waals surface area contributed by atoms with Crippen LogP contribution in [0.15, 0.2) is 46.0 Å². The summed E-state index contributed by atoms with van der Waals surface area (Å²) >= 11 is 0. The molecule has 0 bridgehead atoms. The molecule has 4 nitrogen and oxygen atoms in total. The van der Waals surface area contributed by atoms with Gasteiger partial charge in [-0.2, -0.15) is 13.5 Å². The molecule has 0 aliphatic carbocycles. The molecule has 0 aromatic heterocycles. The lowest BCUT2D eigenvalue weighted by Gasteiger charge is -2.06. The van der Waals surface area contributed by atoms with E-state index >= 15 is 0 Å². The van der Waals surface area contributed by atoms with Gasteiger partial charge in [-0.3, -0.25) is 0 Å². The largest absolute Gasteiger partial charge is 0.276 e. The molecule has 1 aromatic rings. The highest BCUT2D eigenvalue weighted by Crippen LogP contribution is 2.09. The van der Waals surface area contributed by atoms with Crippen LogP contribution in [0.4, 0.5) is 0 Å². The molecule has 0 fully saturated rings. The smallest absolute Gasteiger partial charge is 0.200 e. The molecule has 0 saturated heterocycles. The Morgan fingerprint density at radius 2 is 1.74 bits per heavy atom. The summed E-state index contributed by atoms with van der Waals surface area (Å²) in [5.74, 6) is 0. The number of rotatable bonds is 5. The van der Waals surface area contributed by atoms with Crippen LogP contribution in [0.5, 0.6) is 0 Å². The monoisotopic (exact) mass is 296 g/mol.